The van der Waals surface area contributed by atoms with E-state index >= 15 is 0 Å². The molecule has 0 saturated carbocycles. The first kappa shape index (κ1) is 26.4. The van der Waals surface area contributed by atoms with Crippen molar-refractivity contribution < 1.29 is 31.1 Å². The summed E-state index contributed by atoms with van der Waals surface area (Å²) in [6.45, 7) is 1.09. The van der Waals surface area contributed by atoms with Gasteiger partial charge in [-0.25, -0.2) is 8.42 Å². The second-order valence-corrected chi connectivity index (χ2v) is 9.88. The number of alkyl halides is 3. The molecule has 1 amide bonds. The van der Waals surface area contributed by atoms with Crippen LogP contribution in [-0.2, 0) is 27.5 Å². The maximum atomic E-state index is 13.4. The van der Waals surface area contributed by atoms with Crippen LogP contribution in [-0.4, -0.2) is 28.0 Å². The largest absolute Gasteiger partial charge is 0.497 e. The van der Waals surface area contributed by atoms with E-state index in [4.69, 9.17) is 16.3 Å². The van der Waals surface area contributed by atoms with Gasteiger partial charge in [-0.15, -0.1) is 0 Å². The number of halogens is 4. The van der Waals surface area contributed by atoms with Gasteiger partial charge in [0.2, 0.25) is 5.91 Å². The quantitative estimate of drug-likeness (QED) is 0.438. The van der Waals surface area contributed by atoms with E-state index in [1.807, 2.05) is 0 Å². The molecular formula is C24H22ClF3N2O4S. The minimum absolute atomic E-state index is 0.0790. The number of benzene rings is 3. The Bertz CT molecular complexity index is 1300. The number of nitrogens with zero attached hydrogens (tertiary/aromatic N) is 1. The van der Waals surface area contributed by atoms with Crippen LogP contribution in [0.2, 0.25) is 5.02 Å². The Morgan fingerprint density at radius 3 is 2.23 bits per heavy atom. The van der Waals surface area contributed by atoms with Crippen molar-refractivity contribution in [3.8, 4) is 5.75 Å². The van der Waals surface area contributed by atoms with E-state index in [0.717, 1.165) is 23.3 Å². The summed E-state index contributed by atoms with van der Waals surface area (Å²) in [5.74, 6) is -0.0846. The molecule has 186 valence electrons. The minimum atomic E-state index is -4.82. The summed E-state index contributed by atoms with van der Waals surface area (Å²) in [6.07, 6.45) is -4.82. The van der Waals surface area contributed by atoms with E-state index in [2.05, 4.69) is 5.32 Å². The van der Waals surface area contributed by atoms with E-state index < -0.39 is 39.2 Å². The first-order chi connectivity index (χ1) is 16.4. The highest BCUT2D eigenvalue weighted by Gasteiger charge is 2.35. The molecule has 0 atom stereocenters. The summed E-state index contributed by atoms with van der Waals surface area (Å²) < 4.78 is 72.8. The molecule has 35 heavy (non-hydrogen) atoms. The van der Waals surface area contributed by atoms with Gasteiger partial charge in [0, 0.05) is 6.54 Å². The van der Waals surface area contributed by atoms with Crippen molar-refractivity contribution in [1.29, 1.82) is 0 Å². The highest BCUT2D eigenvalue weighted by molar-refractivity contribution is 7.92. The van der Waals surface area contributed by atoms with Crippen molar-refractivity contribution in [3.05, 3.63) is 88.4 Å². The Labute approximate surface area is 206 Å². The van der Waals surface area contributed by atoms with Crippen molar-refractivity contribution in [2.75, 3.05) is 18.0 Å². The third-order valence-corrected chi connectivity index (χ3v) is 7.21. The maximum absolute atomic E-state index is 13.4. The number of aryl methyl sites for hydroxylation is 1. The number of rotatable bonds is 8. The number of ether oxygens (including phenoxy) is 1. The van der Waals surface area contributed by atoms with Crippen LogP contribution in [0, 0.1) is 6.92 Å². The molecule has 0 radical (unpaired) electrons. The Kier molecular flexibility index (Phi) is 7.97. The lowest BCUT2D eigenvalue weighted by Gasteiger charge is -2.25. The number of amides is 1. The number of nitrogens with one attached hydrogen (secondary N) is 1. The molecule has 0 heterocycles. The van der Waals surface area contributed by atoms with Crippen LogP contribution in [0.5, 0.6) is 5.75 Å². The lowest BCUT2D eigenvalue weighted by atomic mass is 10.2. The summed E-state index contributed by atoms with van der Waals surface area (Å²) in [6, 6.07) is 15.3. The predicted octanol–water partition coefficient (Wildman–Crippen LogP) is 5.19. The molecule has 0 unspecified atom stereocenters. The van der Waals surface area contributed by atoms with Gasteiger partial charge < -0.3 is 10.1 Å². The maximum Gasteiger partial charge on any atom is 0.417 e. The molecule has 11 heteroatoms. The third kappa shape index (κ3) is 6.46. The fourth-order valence-corrected chi connectivity index (χ4v) is 4.81. The number of sulfonamides is 1. The van der Waals surface area contributed by atoms with Crippen LogP contribution in [0.4, 0.5) is 18.9 Å². The first-order valence-corrected chi connectivity index (χ1v) is 12.1. The zero-order valence-electron chi connectivity index (χ0n) is 18.8. The van der Waals surface area contributed by atoms with Crippen molar-refractivity contribution in [1.82, 2.24) is 5.32 Å². The SMILES string of the molecule is COc1ccc(CNC(=O)CN(c2ccc(Cl)c(C(F)(F)F)c2)S(=O)(=O)c2ccc(C)cc2)cc1. The number of hydrogen-bond donors (Lipinski definition) is 1. The molecule has 1 N–H and O–H groups in total. The van der Waals surface area contributed by atoms with Gasteiger partial charge in [0.15, 0.2) is 0 Å². The average Bonchev–Trinajstić information content (AvgIpc) is 2.81. The molecule has 0 aliphatic heterocycles. The van der Waals surface area contributed by atoms with E-state index in [1.165, 1.54) is 19.2 Å². The third-order valence-electron chi connectivity index (χ3n) is 5.09. The van der Waals surface area contributed by atoms with Gasteiger partial charge in [-0.2, -0.15) is 13.2 Å². The topological polar surface area (TPSA) is 75.7 Å². The van der Waals surface area contributed by atoms with Crippen LogP contribution >= 0.6 is 11.6 Å². The zero-order chi connectivity index (χ0) is 25.8. The molecule has 0 aliphatic carbocycles. The van der Waals surface area contributed by atoms with Crippen molar-refractivity contribution in [2.45, 2.75) is 24.5 Å². The van der Waals surface area contributed by atoms with Gasteiger partial charge >= 0.3 is 6.18 Å². The van der Waals surface area contributed by atoms with Crippen LogP contribution < -0.4 is 14.4 Å². The Hall–Kier alpha value is -3.24. The van der Waals surface area contributed by atoms with Gasteiger partial charge in [-0.1, -0.05) is 41.4 Å². The molecule has 0 bridgehead atoms. The van der Waals surface area contributed by atoms with Crippen molar-refractivity contribution in [3.63, 3.8) is 0 Å². The summed E-state index contributed by atoms with van der Waals surface area (Å²) >= 11 is 5.70. The van der Waals surface area contributed by atoms with Crippen LogP contribution in [0.1, 0.15) is 16.7 Å². The molecule has 0 saturated heterocycles. The van der Waals surface area contributed by atoms with Crippen molar-refractivity contribution >= 4 is 33.2 Å². The monoisotopic (exact) mass is 526 g/mol. The molecular weight excluding hydrogens is 505 g/mol. The average molecular weight is 527 g/mol. The van der Waals surface area contributed by atoms with Crippen LogP contribution in [0.15, 0.2) is 71.6 Å². The van der Waals surface area contributed by atoms with Gasteiger partial charge in [0.1, 0.15) is 12.3 Å². The predicted molar refractivity (Wildman–Crippen MR) is 127 cm³/mol. The Morgan fingerprint density at radius 1 is 1.03 bits per heavy atom. The second-order valence-electron chi connectivity index (χ2n) is 7.61. The summed E-state index contributed by atoms with van der Waals surface area (Å²) in [5, 5.41) is 2.01. The Morgan fingerprint density at radius 2 is 1.66 bits per heavy atom. The lowest BCUT2D eigenvalue weighted by molar-refractivity contribution is -0.137. The molecule has 0 aliphatic rings. The minimum Gasteiger partial charge on any atom is -0.497 e. The Balaban J connectivity index is 1.93. The smallest absolute Gasteiger partial charge is 0.417 e. The van der Waals surface area contributed by atoms with E-state index in [1.54, 1.807) is 43.3 Å². The van der Waals surface area contributed by atoms with E-state index in [-0.39, 0.29) is 17.1 Å². The highest BCUT2D eigenvalue weighted by atomic mass is 35.5. The molecule has 3 rings (SSSR count). The molecule has 6 nitrogen and oxygen atoms in total. The molecule has 0 fully saturated rings. The molecule has 3 aromatic carbocycles. The number of carbonyl (C=O) groups excluding carboxylic acids is 1. The van der Waals surface area contributed by atoms with Gasteiger partial charge in [0.05, 0.1) is 28.3 Å². The van der Waals surface area contributed by atoms with E-state index in [0.29, 0.717) is 16.1 Å². The molecule has 0 spiro atoms. The molecule has 3 aromatic rings. The second kappa shape index (κ2) is 10.6. The number of methoxy groups -OCH3 is 1. The number of carbonyl (C=O) groups is 1. The standard InChI is InChI=1S/C24H22ClF3N2O4S/c1-16-3-10-20(11-4-16)35(32,33)30(18-7-12-22(25)21(13-18)24(26,27)28)15-23(31)29-14-17-5-8-19(34-2)9-6-17/h3-13H,14-15H2,1-2H3,(H,29,31). The fourth-order valence-electron chi connectivity index (χ4n) is 3.17. The highest BCUT2D eigenvalue weighted by Crippen LogP contribution is 2.38. The first-order valence-electron chi connectivity index (χ1n) is 10.3. The normalized spacial score (nSPS) is 11.7. The number of hydrogen-bond acceptors (Lipinski definition) is 4. The zero-order valence-corrected chi connectivity index (χ0v) is 20.3. The van der Waals surface area contributed by atoms with Gasteiger partial charge in [0.25, 0.3) is 10.0 Å². The number of anilines is 1. The van der Waals surface area contributed by atoms with E-state index in [9.17, 15) is 26.4 Å². The van der Waals surface area contributed by atoms with Crippen LogP contribution in [0.3, 0.4) is 0 Å². The summed E-state index contributed by atoms with van der Waals surface area (Å²) in [4.78, 5) is 12.5. The van der Waals surface area contributed by atoms with Gasteiger partial charge in [-0.05, 0) is 55.0 Å². The summed E-state index contributed by atoms with van der Waals surface area (Å²) in [5.41, 5.74) is -0.0437. The lowest BCUT2D eigenvalue weighted by Crippen LogP contribution is -2.40. The van der Waals surface area contributed by atoms with Crippen molar-refractivity contribution in [2.24, 2.45) is 0 Å². The summed E-state index contributed by atoms with van der Waals surface area (Å²) in [7, 11) is -2.87. The fraction of sp³-hybridized carbons (Fsp3) is 0.208. The van der Waals surface area contributed by atoms with Crippen LogP contribution in [0.25, 0.3) is 0 Å². The van der Waals surface area contributed by atoms with Gasteiger partial charge in [-0.3, -0.25) is 9.10 Å². The molecule has 0 aromatic heterocycles.